The summed E-state index contributed by atoms with van der Waals surface area (Å²) in [5.74, 6) is -5.36. The smallest absolute Gasteiger partial charge is 0.287 e. The van der Waals surface area contributed by atoms with E-state index in [4.69, 9.17) is 16.3 Å². The molecule has 0 radical (unpaired) electrons. The number of hydrogen-bond acceptors (Lipinski definition) is 4. The SMILES string of the molecule is O[C@@H]1C(F)(F)[C@@H](c2ccccc2)[C@]2(c3ccc(Br)cc3)Oc3cc(Cl)cnc3[C@]12O. The highest BCUT2D eigenvalue weighted by atomic mass is 79.9. The number of nitrogens with zero attached hydrogens (tertiary/aromatic N) is 1. The first kappa shape index (κ1) is 19.9. The minimum Gasteiger partial charge on any atom is -0.476 e. The van der Waals surface area contributed by atoms with Gasteiger partial charge in [-0.15, -0.1) is 0 Å². The number of aromatic nitrogens is 1. The largest absolute Gasteiger partial charge is 0.476 e. The van der Waals surface area contributed by atoms with Gasteiger partial charge in [0.1, 0.15) is 11.4 Å². The molecule has 4 nitrogen and oxygen atoms in total. The predicted octanol–water partition coefficient (Wildman–Crippen LogP) is 4.77. The Morgan fingerprint density at radius 2 is 1.73 bits per heavy atom. The third kappa shape index (κ3) is 2.35. The molecule has 1 fully saturated rings. The van der Waals surface area contributed by atoms with Gasteiger partial charge in [0.2, 0.25) is 0 Å². The topological polar surface area (TPSA) is 62.6 Å². The number of rotatable bonds is 2. The van der Waals surface area contributed by atoms with Crippen molar-refractivity contribution in [3.8, 4) is 5.75 Å². The Morgan fingerprint density at radius 1 is 1.07 bits per heavy atom. The Labute approximate surface area is 184 Å². The van der Waals surface area contributed by atoms with Crippen molar-refractivity contribution in [3.05, 3.63) is 93.2 Å². The lowest BCUT2D eigenvalue weighted by Crippen LogP contribution is -2.52. The van der Waals surface area contributed by atoms with Crippen LogP contribution in [0.5, 0.6) is 5.75 Å². The Morgan fingerprint density at radius 3 is 2.40 bits per heavy atom. The average Bonchev–Trinajstić information content (AvgIpc) is 3.04. The van der Waals surface area contributed by atoms with E-state index in [9.17, 15) is 10.2 Å². The van der Waals surface area contributed by atoms with Gasteiger partial charge in [0.25, 0.3) is 5.92 Å². The van der Waals surface area contributed by atoms with Crippen LogP contribution in [0.3, 0.4) is 0 Å². The molecule has 1 aliphatic carbocycles. The maximum atomic E-state index is 15.7. The van der Waals surface area contributed by atoms with E-state index in [2.05, 4.69) is 20.9 Å². The molecule has 1 aliphatic heterocycles. The lowest BCUT2D eigenvalue weighted by molar-refractivity contribution is -0.175. The van der Waals surface area contributed by atoms with Crippen molar-refractivity contribution in [1.82, 2.24) is 4.98 Å². The molecule has 30 heavy (non-hydrogen) atoms. The van der Waals surface area contributed by atoms with Crippen molar-refractivity contribution in [3.63, 3.8) is 0 Å². The van der Waals surface area contributed by atoms with Crippen LogP contribution in [-0.2, 0) is 11.2 Å². The molecule has 2 aliphatic rings. The standard InChI is InChI=1S/C22H15BrClF2NO3/c23-14-8-6-13(7-9-14)21-17(12-4-2-1-3-5-12)22(25,26)19(28)20(21,29)18-16(30-21)10-15(24)11-27-18/h1-11,17,19,28-29H/t17-,19-,20-,21-/m0/s1. The zero-order valence-corrected chi connectivity index (χ0v) is 17.6. The number of benzene rings is 2. The van der Waals surface area contributed by atoms with Crippen molar-refractivity contribution in [2.45, 2.75) is 29.1 Å². The van der Waals surface area contributed by atoms with Crippen molar-refractivity contribution >= 4 is 27.5 Å². The lowest BCUT2D eigenvalue weighted by atomic mass is 9.72. The Balaban J connectivity index is 1.88. The fourth-order valence-electron chi connectivity index (χ4n) is 4.78. The third-order valence-corrected chi connectivity index (χ3v) is 6.71. The van der Waals surface area contributed by atoms with Gasteiger partial charge in [-0.1, -0.05) is 70.0 Å². The molecule has 2 aromatic carbocycles. The maximum Gasteiger partial charge on any atom is 0.287 e. The van der Waals surface area contributed by atoms with Crippen molar-refractivity contribution < 1.29 is 23.7 Å². The Bertz CT molecular complexity index is 1130. The summed E-state index contributed by atoms with van der Waals surface area (Å²) in [6, 6.07) is 16.0. The zero-order valence-electron chi connectivity index (χ0n) is 15.3. The molecule has 0 bridgehead atoms. The summed E-state index contributed by atoms with van der Waals surface area (Å²) >= 11 is 9.38. The molecule has 0 spiro atoms. The van der Waals surface area contributed by atoms with Gasteiger partial charge in [0.15, 0.2) is 17.3 Å². The number of fused-ring (bicyclic) bond motifs is 3. The highest BCUT2D eigenvalue weighted by molar-refractivity contribution is 9.10. The van der Waals surface area contributed by atoms with Gasteiger partial charge in [-0.05, 0) is 23.3 Å². The van der Waals surface area contributed by atoms with E-state index in [1.54, 1.807) is 42.5 Å². The number of halogens is 4. The molecule has 5 rings (SSSR count). The molecular weight excluding hydrogens is 480 g/mol. The van der Waals surface area contributed by atoms with Gasteiger partial charge in [-0.2, -0.15) is 0 Å². The van der Waals surface area contributed by atoms with Gasteiger partial charge in [-0.25, -0.2) is 8.78 Å². The molecule has 8 heteroatoms. The van der Waals surface area contributed by atoms with E-state index in [0.29, 0.717) is 0 Å². The van der Waals surface area contributed by atoms with Gasteiger partial charge in [-0.3, -0.25) is 4.98 Å². The van der Waals surface area contributed by atoms with E-state index in [0.717, 1.165) is 4.47 Å². The summed E-state index contributed by atoms with van der Waals surface area (Å²) in [5, 5.41) is 22.9. The summed E-state index contributed by atoms with van der Waals surface area (Å²) in [7, 11) is 0. The highest BCUT2D eigenvalue weighted by Crippen LogP contribution is 2.70. The van der Waals surface area contributed by atoms with Crippen LogP contribution in [0.25, 0.3) is 0 Å². The second-order valence-electron chi connectivity index (χ2n) is 7.53. The number of hydrogen-bond donors (Lipinski definition) is 2. The van der Waals surface area contributed by atoms with E-state index < -0.39 is 29.1 Å². The minimum atomic E-state index is -3.72. The normalized spacial score (nSPS) is 31.1. The molecule has 154 valence electrons. The van der Waals surface area contributed by atoms with Crippen molar-refractivity contribution in [2.24, 2.45) is 0 Å². The number of alkyl halides is 2. The molecule has 4 atom stereocenters. The lowest BCUT2D eigenvalue weighted by Gasteiger charge is -2.39. The molecule has 1 saturated carbocycles. The van der Waals surface area contributed by atoms with E-state index >= 15 is 8.78 Å². The van der Waals surface area contributed by atoms with Crippen LogP contribution in [0.15, 0.2) is 71.3 Å². The second kappa shape index (κ2) is 6.47. The van der Waals surface area contributed by atoms with Gasteiger partial charge < -0.3 is 14.9 Å². The van der Waals surface area contributed by atoms with Crippen LogP contribution in [0.4, 0.5) is 8.78 Å². The molecule has 3 aromatic rings. The summed E-state index contributed by atoms with van der Waals surface area (Å²) in [5.41, 5.74) is -4.20. The summed E-state index contributed by atoms with van der Waals surface area (Å²) in [4.78, 5) is 4.10. The molecule has 0 saturated heterocycles. The van der Waals surface area contributed by atoms with E-state index in [1.807, 2.05) is 0 Å². The van der Waals surface area contributed by atoms with Crippen LogP contribution in [-0.4, -0.2) is 27.2 Å². The number of aliphatic hydroxyl groups excluding tert-OH is 1. The van der Waals surface area contributed by atoms with Crippen LogP contribution >= 0.6 is 27.5 Å². The summed E-state index contributed by atoms with van der Waals surface area (Å²) in [6.07, 6.45) is -1.23. The quantitative estimate of drug-likeness (QED) is 0.539. The molecule has 0 amide bonds. The van der Waals surface area contributed by atoms with Gasteiger partial charge >= 0.3 is 0 Å². The highest BCUT2D eigenvalue weighted by Gasteiger charge is 2.83. The van der Waals surface area contributed by atoms with Gasteiger partial charge in [0, 0.05) is 16.7 Å². The van der Waals surface area contributed by atoms with Crippen LogP contribution < -0.4 is 4.74 Å². The van der Waals surface area contributed by atoms with E-state index in [-0.39, 0.29) is 27.6 Å². The number of pyridine rings is 1. The van der Waals surface area contributed by atoms with E-state index in [1.165, 1.54) is 24.4 Å². The van der Waals surface area contributed by atoms with Crippen molar-refractivity contribution in [1.29, 1.82) is 0 Å². The summed E-state index contributed by atoms with van der Waals surface area (Å²) < 4.78 is 38.2. The first-order valence-corrected chi connectivity index (χ1v) is 10.3. The molecular formula is C22H15BrClF2NO3. The number of aliphatic hydroxyl groups is 2. The zero-order chi connectivity index (χ0) is 21.3. The minimum absolute atomic E-state index is 0.0587. The van der Waals surface area contributed by atoms with Crippen LogP contribution in [0.1, 0.15) is 22.7 Å². The summed E-state index contributed by atoms with van der Waals surface area (Å²) in [6.45, 7) is 0. The van der Waals surface area contributed by atoms with Crippen molar-refractivity contribution in [2.75, 3.05) is 0 Å². The first-order valence-electron chi connectivity index (χ1n) is 9.17. The molecule has 0 unspecified atom stereocenters. The van der Waals surface area contributed by atoms with Gasteiger partial charge in [0.05, 0.1) is 10.9 Å². The Hall–Kier alpha value is -2.06. The fraction of sp³-hybridized carbons (Fsp3) is 0.227. The molecule has 2 heterocycles. The fourth-order valence-corrected chi connectivity index (χ4v) is 5.19. The maximum absolute atomic E-state index is 15.7. The number of ether oxygens (including phenoxy) is 1. The average molecular weight is 495 g/mol. The third-order valence-electron chi connectivity index (χ3n) is 5.98. The second-order valence-corrected chi connectivity index (χ2v) is 8.88. The van der Waals surface area contributed by atoms with Crippen LogP contribution in [0.2, 0.25) is 5.02 Å². The Kier molecular flexibility index (Phi) is 4.29. The predicted molar refractivity (Wildman–Crippen MR) is 110 cm³/mol. The first-order chi connectivity index (χ1) is 14.2. The van der Waals surface area contributed by atoms with Crippen LogP contribution in [0, 0.1) is 0 Å². The monoisotopic (exact) mass is 493 g/mol. The molecule has 2 N–H and O–H groups in total. The molecule has 1 aromatic heterocycles.